The van der Waals surface area contributed by atoms with E-state index in [0.717, 1.165) is 41.2 Å². The Hall–Kier alpha value is -4.24. The van der Waals surface area contributed by atoms with Gasteiger partial charge in [-0.2, -0.15) is 0 Å². The molecule has 3 nitrogen and oxygen atoms in total. The fourth-order valence-corrected chi connectivity index (χ4v) is 4.89. The van der Waals surface area contributed by atoms with Crippen molar-refractivity contribution in [2.45, 2.75) is 19.8 Å². The van der Waals surface area contributed by atoms with Gasteiger partial charge in [0.25, 0.3) is 0 Å². The average Bonchev–Trinajstić information content (AvgIpc) is 2.94. The Labute approximate surface area is 212 Å². The molecule has 3 heteroatoms. The van der Waals surface area contributed by atoms with Gasteiger partial charge in [0.1, 0.15) is 11.5 Å². The normalized spacial score (nSPS) is 16.6. The number of anilines is 1. The quantitative estimate of drug-likeness (QED) is 0.300. The molecule has 0 spiro atoms. The molecule has 0 bridgehead atoms. The van der Waals surface area contributed by atoms with Gasteiger partial charge in [-0.1, -0.05) is 78.4 Å². The molecule has 178 valence electrons. The lowest BCUT2D eigenvalue weighted by atomic mass is 9.99. The maximum atomic E-state index is 5.92. The zero-order valence-corrected chi connectivity index (χ0v) is 20.5. The van der Waals surface area contributed by atoms with Crippen molar-refractivity contribution in [1.29, 1.82) is 0 Å². The SMILES string of the molecule is Cc1ccc(-c2ccc(N(/C=C3/CCOc4ccccc43)/C=C3\CCOc4ccccc43)cc2)cc1. The second kappa shape index (κ2) is 9.79. The van der Waals surface area contributed by atoms with Gasteiger partial charge in [0.05, 0.1) is 13.2 Å². The predicted octanol–water partition coefficient (Wildman–Crippen LogP) is 8.12. The summed E-state index contributed by atoms with van der Waals surface area (Å²) in [5, 5.41) is 0. The van der Waals surface area contributed by atoms with Gasteiger partial charge in [0.2, 0.25) is 0 Å². The zero-order valence-electron chi connectivity index (χ0n) is 20.5. The van der Waals surface area contributed by atoms with Crippen molar-refractivity contribution >= 4 is 16.8 Å². The molecule has 36 heavy (non-hydrogen) atoms. The second-order valence-corrected chi connectivity index (χ2v) is 9.32. The van der Waals surface area contributed by atoms with Crippen LogP contribution in [0.3, 0.4) is 0 Å². The monoisotopic (exact) mass is 471 g/mol. The van der Waals surface area contributed by atoms with Crippen LogP contribution in [0.2, 0.25) is 0 Å². The molecule has 4 aromatic carbocycles. The van der Waals surface area contributed by atoms with Crippen molar-refractivity contribution in [3.8, 4) is 22.6 Å². The minimum absolute atomic E-state index is 0.691. The van der Waals surface area contributed by atoms with Crippen LogP contribution in [0.15, 0.2) is 109 Å². The molecular weight excluding hydrogens is 442 g/mol. The molecule has 0 aromatic heterocycles. The predicted molar refractivity (Wildman–Crippen MR) is 148 cm³/mol. The Morgan fingerprint density at radius 3 is 1.58 bits per heavy atom. The molecule has 0 radical (unpaired) electrons. The summed E-state index contributed by atoms with van der Waals surface area (Å²) in [5.74, 6) is 1.91. The molecule has 0 aliphatic carbocycles. The first-order chi connectivity index (χ1) is 17.7. The van der Waals surface area contributed by atoms with Crippen LogP contribution in [-0.4, -0.2) is 13.2 Å². The van der Waals surface area contributed by atoms with E-state index in [-0.39, 0.29) is 0 Å². The summed E-state index contributed by atoms with van der Waals surface area (Å²) in [6, 6.07) is 34.1. The van der Waals surface area contributed by atoms with Gasteiger partial charge < -0.3 is 14.4 Å². The minimum atomic E-state index is 0.691. The molecule has 2 aliphatic rings. The molecule has 4 aromatic rings. The molecule has 0 saturated heterocycles. The van der Waals surface area contributed by atoms with Crippen molar-refractivity contribution < 1.29 is 9.47 Å². The number of aryl methyl sites for hydroxylation is 1. The van der Waals surface area contributed by atoms with Gasteiger partial charge in [0.15, 0.2) is 0 Å². The lowest BCUT2D eigenvalue weighted by Gasteiger charge is -2.26. The van der Waals surface area contributed by atoms with Gasteiger partial charge in [-0.15, -0.1) is 0 Å². The largest absolute Gasteiger partial charge is 0.493 e. The topological polar surface area (TPSA) is 21.7 Å². The Morgan fingerprint density at radius 2 is 1.06 bits per heavy atom. The first kappa shape index (κ1) is 22.2. The highest BCUT2D eigenvalue weighted by Crippen LogP contribution is 2.37. The first-order valence-corrected chi connectivity index (χ1v) is 12.6. The smallest absolute Gasteiger partial charge is 0.126 e. The third-order valence-corrected chi connectivity index (χ3v) is 6.86. The van der Waals surface area contributed by atoms with Crippen LogP contribution >= 0.6 is 0 Å². The third-order valence-electron chi connectivity index (χ3n) is 6.86. The number of benzene rings is 4. The lowest BCUT2D eigenvalue weighted by Crippen LogP contribution is -2.15. The molecule has 2 heterocycles. The number of hydrogen-bond acceptors (Lipinski definition) is 3. The third kappa shape index (κ3) is 4.52. The van der Waals surface area contributed by atoms with E-state index in [9.17, 15) is 0 Å². The van der Waals surface area contributed by atoms with Crippen molar-refractivity contribution in [3.63, 3.8) is 0 Å². The van der Waals surface area contributed by atoms with Gasteiger partial charge in [-0.25, -0.2) is 0 Å². The Bertz CT molecular complexity index is 1360. The van der Waals surface area contributed by atoms with Crippen LogP contribution in [0.25, 0.3) is 22.3 Å². The van der Waals surface area contributed by atoms with Crippen LogP contribution in [0.5, 0.6) is 11.5 Å². The van der Waals surface area contributed by atoms with E-state index in [2.05, 4.69) is 109 Å². The number of nitrogens with zero attached hydrogens (tertiary/aromatic N) is 1. The van der Waals surface area contributed by atoms with Crippen LogP contribution in [0.4, 0.5) is 5.69 Å². The molecule has 6 rings (SSSR count). The second-order valence-electron chi connectivity index (χ2n) is 9.32. The van der Waals surface area contributed by atoms with Crippen LogP contribution < -0.4 is 14.4 Å². The van der Waals surface area contributed by atoms with E-state index < -0.39 is 0 Å². The Morgan fingerprint density at radius 1 is 0.583 bits per heavy atom. The van der Waals surface area contributed by atoms with E-state index in [1.54, 1.807) is 0 Å². The van der Waals surface area contributed by atoms with Gasteiger partial charge in [0, 0.05) is 42.1 Å². The van der Waals surface area contributed by atoms with E-state index >= 15 is 0 Å². The minimum Gasteiger partial charge on any atom is -0.493 e. The summed E-state index contributed by atoms with van der Waals surface area (Å²) in [6.45, 7) is 3.50. The van der Waals surface area contributed by atoms with Gasteiger partial charge in [-0.3, -0.25) is 0 Å². The summed E-state index contributed by atoms with van der Waals surface area (Å²) in [4.78, 5) is 2.27. The van der Waals surface area contributed by atoms with Crippen molar-refractivity contribution in [1.82, 2.24) is 0 Å². The standard InChI is InChI=1S/C33H29NO2/c1-24-10-12-25(13-11-24)26-14-16-29(17-15-26)34(22-27-18-20-35-32-8-4-2-6-30(27)32)23-28-19-21-36-33-9-5-3-7-31(28)33/h2-17,22-23H,18-21H2,1H3/b27-22-,28-23+. The summed E-state index contributed by atoms with van der Waals surface area (Å²) in [5.41, 5.74) is 9.71. The summed E-state index contributed by atoms with van der Waals surface area (Å²) < 4.78 is 11.8. The summed E-state index contributed by atoms with van der Waals surface area (Å²) in [7, 11) is 0. The maximum Gasteiger partial charge on any atom is 0.126 e. The first-order valence-electron chi connectivity index (χ1n) is 12.6. The van der Waals surface area contributed by atoms with Gasteiger partial charge in [-0.05, 0) is 53.5 Å². The summed E-state index contributed by atoms with van der Waals surface area (Å²) in [6.07, 6.45) is 6.29. The van der Waals surface area contributed by atoms with Crippen LogP contribution in [0.1, 0.15) is 29.5 Å². The van der Waals surface area contributed by atoms with E-state index in [1.807, 2.05) is 12.1 Å². The van der Waals surface area contributed by atoms with Crippen molar-refractivity contribution in [3.05, 3.63) is 126 Å². The maximum absolute atomic E-state index is 5.92. The highest BCUT2D eigenvalue weighted by atomic mass is 16.5. The number of rotatable bonds is 4. The van der Waals surface area contributed by atoms with E-state index in [0.29, 0.717) is 13.2 Å². The zero-order chi connectivity index (χ0) is 24.3. The molecule has 0 amide bonds. The highest BCUT2D eigenvalue weighted by molar-refractivity contribution is 5.79. The van der Waals surface area contributed by atoms with Crippen molar-refractivity contribution in [2.24, 2.45) is 0 Å². The number of hydrogen-bond donors (Lipinski definition) is 0. The average molecular weight is 472 g/mol. The Kier molecular flexibility index (Phi) is 6.05. The lowest BCUT2D eigenvalue weighted by molar-refractivity contribution is 0.316. The van der Waals surface area contributed by atoms with Crippen LogP contribution in [0, 0.1) is 6.92 Å². The molecule has 2 aliphatic heterocycles. The molecule has 0 unspecified atom stereocenters. The summed E-state index contributed by atoms with van der Waals surface area (Å²) >= 11 is 0. The molecular formula is C33H29NO2. The highest BCUT2D eigenvalue weighted by Gasteiger charge is 2.19. The molecule has 0 N–H and O–H groups in total. The van der Waals surface area contributed by atoms with E-state index in [1.165, 1.54) is 27.8 Å². The van der Waals surface area contributed by atoms with Gasteiger partial charge >= 0.3 is 0 Å². The number of fused-ring (bicyclic) bond motifs is 2. The molecule has 0 saturated carbocycles. The molecule has 0 atom stereocenters. The Balaban J connectivity index is 1.42. The number of para-hydroxylation sites is 2. The fraction of sp³-hybridized carbons (Fsp3) is 0.152. The van der Waals surface area contributed by atoms with E-state index in [4.69, 9.17) is 9.47 Å². The fourth-order valence-electron chi connectivity index (χ4n) is 4.89. The van der Waals surface area contributed by atoms with Crippen LogP contribution in [-0.2, 0) is 0 Å². The molecule has 0 fully saturated rings. The number of ether oxygens (including phenoxy) is 2. The van der Waals surface area contributed by atoms with Crippen molar-refractivity contribution in [2.75, 3.05) is 18.1 Å².